The van der Waals surface area contributed by atoms with E-state index in [1.165, 1.54) is 10.7 Å². The molecule has 182 valence electrons. The number of H-pyrrole nitrogens is 1. The van der Waals surface area contributed by atoms with E-state index < -0.39 is 0 Å². The molecule has 1 N–H and O–H groups in total. The molecular weight excluding hydrogens is 464 g/mol. The summed E-state index contributed by atoms with van der Waals surface area (Å²) in [7, 11) is 2.12. The predicted molar refractivity (Wildman–Crippen MR) is 138 cm³/mol. The highest BCUT2D eigenvalue weighted by Gasteiger charge is 2.23. The number of rotatable bonds is 7. The summed E-state index contributed by atoms with van der Waals surface area (Å²) in [6, 6.07) is 18.5. The van der Waals surface area contributed by atoms with Crippen molar-refractivity contribution in [3.8, 4) is 5.69 Å². The minimum atomic E-state index is -0.247. The van der Waals surface area contributed by atoms with Crippen molar-refractivity contribution in [1.29, 1.82) is 0 Å². The van der Waals surface area contributed by atoms with Crippen molar-refractivity contribution in [2.24, 2.45) is 5.92 Å². The molecule has 1 aliphatic heterocycles. The van der Waals surface area contributed by atoms with Crippen LogP contribution in [0.3, 0.4) is 0 Å². The van der Waals surface area contributed by atoms with Crippen LogP contribution in [0.25, 0.3) is 16.6 Å². The van der Waals surface area contributed by atoms with E-state index in [-0.39, 0.29) is 17.7 Å². The maximum Gasteiger partial charge on any atom is 0.281 e. The molecule has 3 heterocycles. The standard InChI is InChI=1S/C27H29ClN4O3/c1-30-13-11-19(12-14-30)16-31-24(18-35-17-20-7-3-2-4-8-20)26-22(15-25(31)33)29-32(27(26)34)23-10-6-5-9-21(23)28/h2-10,15,19,29H,11-14,16-18H2,1H3. The van der Waals surface area contributed by atoms with Gasteiger partial charge in [0.1, 0.15) is 0 Å². The number of pyridine rings is 1. The molecule has 0 radical (unpaired) electrons. The Hall–Kier alpha value is -3.13. The van der Waals surface area contributed by atoms with Gasteiger partial charge in [-0.25, -0.2) is 4.68 Å². The highest BCUT2D eigenvalue weighted by Crippen LogP contribution is 2.23. The largest absolute Gasteiger partial charge is 0.371 e. The maximum absolute atomic E-state index is 13.6. The zero-order chi connectivity index (χ0) is 24.4. The number of hydrogen-bond donors (Lipinski definition) is 1. The van der Waals surface area contributed by atoms with Crippen molar-refractivity contribution in [1.82, 2.24) is 19.2 Å². The number of benzene rings is 2. The molecule has 2 aromatic heterocycles. The summed E-state index contributed by atoms with van der Waals surface area (Å²) >= 11 is 6.38. The predicted octanol–water partition coefficient (Wildman–Crippen LogP) is 4.19. The van der Waals surface area contributed by atoms with Gasteiger partial charge in [0.05, 0.1) is 40.5 Å². The fourth-order valence-corrected chi connectivity index (χ4v) is 5.02. The number of halogens is 1. The Balaban J connectivity index is 1.57. The molecule has 1 fully saturated rings. The van der Waals surface area contributed by atoms with E-state index in [1.54, 1.807) is 16.7 Å². The van der Waals surface area contributed by atoms with Crippen molar-refractivity contribution in [3.05, 3.63) is 97.7 Å². The second kappa shape index (κ2) is 10.2. The van der Waals surface area contributed by atoms with Crippen LogP contribution in [0.5, 0.6) is 0 Å². The number of likely N-dealkylation sites (tertiary alicyclic amines) is 1. The molecule has 1 saturated heterocycles. The third-order valence-corrected chi connectivity index (χ3v) is 7.11. The zero-order valence-corrected chi connectivity index (χ0v) is 20.5. The topological polar surface area (TPSA) is 72.3 Å². The SMILES string of the molecule is CN1CCC(Cn2c(COCc3ccccc3)c3c(=O)n(-c4ccccc4Cl)[nH]c3cc2=O)CC1. The van der Waals surface area contributed by atoms with Crippen LogP contribution >= 0.6 is 11.6 Å². The molecular formula is C27H29ClN4O3. The molecule has 0 spiro atoms. The molecule has 0 aliphatic carbocycles. The van der Waals surface area contributed by atoms with E-state index in [2.05, 4.69) is 17.0 Å². The van der Waals surface area contributed by atoms with E-state index in [4.69, 9.17) is 16.3 Å². The third kappa shape index (κ3) is 4.98. The highest BCUT2D eigenvalue weighted by molar-refractivity contribution is 6.32. The number of aromatic amines is 1. The maximum atomic E-state index is 13.6. The molecule has 4 aromatic rings. The van der Waals surface area contributed by atoms with Crippen LogP contribution in [-0.2, 0) is 24.5 Å². The Labute approximate surface area is 208 Å². The smallest absolute Gasteiger partial charge is 0.281 e. The molecule has 0 atom stereocenters. The monoisotopic (exact) mass is 492 g/mol. The van der Waals surface area contributed by atoms with Gasteiger partial charge in [-0.05, 0) is 56.6 Å². The number of para-hydroxylation sites is 1. The van der Waals surface area contributed by atoms with Gasteiger partial charge in [0.2, 0.25) is 0 Å². The minimum Gasteiger partial charge on any atom is -0.371 e. The lowest BCUT2D eigenvalue weighted by molar-refractivity contribution is 0.101. The number of aromatic nitrogens is 3. The van der Waals surface area contributed by atoms with Gasteiger partial charge in [0, 0.05) is 12.6 Å². The van der Waals surface area contributed by atoms with Gasteiger partial charge in [-0.1, -0.05) is 54.1 Å². The van der Waals surface area contributed by atoms with Crippen LogP contribution in [0.2, 0.25) is 5.02 Å². The summed E-state index contributed by atoms with van der Waals surface area (Å²) in [5.41, 5.74) is 2.28. The van der Waals surface area contributed by atoms with E-state index in [0.717, 1.165) is 31.5 Å². The third-order valence-electron chi connectivity index (χ3n) is 6.79. The van der Waals surface area contributed by atoms with Gasteiger partial charge in [0.15, 0.2) is 0 Å². The van der Waals surface area contributed by atoms with Crippen molar-refractivity contribution in [2.75, 3.05) is 20.1 Å². The number of nitrogens with zero attached hydrogens (tertiary/aromatic N) is 3. The Morgan fingerprint density at radius 3 is 2.46 bits per heavy atom. The van der Waals surface area contributed by atoms with Gasteiger partial charge in [-0.2, -0.15) is 0 Å². The first-order chi connectivity index (χ1) is 17.0. The Morgan fingerprint density at radius 2 is 1.71 bits per heavy atom. The summed E-state index contributed by atoms with van der Waals surface area (Å²) in [5, 5.41) is 4.00. The zero-order valence-electron chi connectivity index (χ0n) is 19.7. The molecule has 8 heteroatoms. The first-order valence-corrected chi connectivity index (χ1v) is 12.3. The Bertz CT molecular complexity index is 1430. The fourth-order valence-electron chi connectivity index (χ4n) is 4.80. The molecule has 0 bridgehead atoms. The number of piperidine rings is 1. The molecule has 0 saturated carbocycles. The van der Waals surface area contributed by atoms with Gasteiger partial charge in [0.25, 0.3) is 11.1 Å². The normalized spacial score (nSPS) is 15.1. The van der Waals surface area contributed by atoms with E-state index in [1.807, 2.05) is 42.5 Å². The summed E-state index contributed by atoms with van der Waals surface area (Å²) in [4.78, 5) is 29.2. The lowest BCUT2D eigenvalue weighted by Gasteiger charge is -2.30. The summed E-state index contributed by atoms with van der Waals surface area (Å²) in [5.74, 6) is 0.374. The van der Waals surface area contributed by atoms with Crippen molar-refractivity contribution >= 4 is 22.5 Å². The summed E-state index contributed by atoms with van der Waals surface area (Å²) < 4.78 is 9.21. The van der Waals surface area contributed by atoms with Gasteiger partial charge >= 0.3 is 0 Å². The van der Waals surface area contributed by atoms with E-state index >= 15 is 0 Å². The van der Waals surface area contributed by atoms with Gasteiger partial charge in [-0.3, -0.25) is 14.7 Å². The van der Waals surface area contributed by atoms with Gasteiger partial charge in [-0.15, -0.1) is 0 Å². The lowest BCUT2D eigenvalue weighted by Crippen LogP contribution is -2.35. The molecule has 0 amide bonds. The molecule has 35 heavy (non-hydrogen) atoms. The number of ether oxygens (including phenoxy) is 1. The first-order valence-electron chi connectivity index (χ1n) is 11.9. The first kappa shape index (κ1) is 23.6. The van der Waals surface area contributed by atoms with E-state index in [9.17, 15) is 9.59 Å². The highest BCUT2D eigenvalue weighted by atomic mass is 35.5. The molecule has 0 unspecified atom stereocenters. The average molecular weight is 493 g/mol. The van der Waals surface area contributed by atoms with Crippen LogP contribution in [0.15, 0.2) is 70.3 Å². The van der Waals surface area contributed by atoms with Crippen molar-refractivity contribution < 1.29 is 4.74 Å². The van der Waals surface area contributed by atoms with Crippen LogP contribution < -0.4 is 11.1 Å². The number of hydrogen-bond acceptors (Lipinski definition) is 4. The van der Waals surface area contributed by atoms with Crippen molar-refractivity contribution in [2.45, 2.75) is 32.6 Å². The number of nitrogens with one attached hydrogen (secondary N) is 1. The van der Waals surface area contributed by atoms with Crippen LogP contribution in [0.4, 0.5) is 0 Å². The minimum absolute atomic E-state index is 0.137. The summed E-state index contributed by atoms with van der Waals surface area (Å²) in [6.45, 7) is 3.13. The van der Waals surface area contributed by atoms with Crippen LogP contribution in [0, 0.1) is 5.92 Å². The lowest BCUT2D eigenvalue weighted by atomic mass is 9.97. The molecule has 2 aromatic carbocycles. The van der Waals surface area contributed by atoms with E-state index in [0.29, 0.717) is 46.4 Å². The number of fused-ring (bicyclic) bond motifs is 1. The molecule has 1 aliphatic rings. The summed E-state index contributed by atoms with van der Waals surface area (Å²) in [6.07, 6.45) is 2.03. The second-order valence-corrected chi connectivity index (χ2v) is 9.66. The Kier molecular flexibility index (Phi) is 6.90. The average Bonchev–Trinajstić information content (AvgIpc) is 3.18. The quantitative estimate of drug-likeness (QED) is 0.420. The fraction of sp³-hybridized carbons (Fsp3) is 0.333. The molecule has 5 rings (SSSR count). The Morgan fingerprint density at radius 1 is 1.00 bits per heavy atom. The van der Waals surface area contributed by atoms with Crippen LogP contribution in [-0.4, -0.2) is 39.4 Å². The van der Waals surface area contributed by atoms with Crippen molar-refractivity contribution in [3.63, 3.8) is 0 Å². The van der Waals surface area contributed by atoms with Crippen LogP contribution in [0.1, 0.15) is 24.1 Å². The second-order valence-electron chi connectivity index (χ2n) is 9.26. The molecule has 7 nitrogen and oxygen atoms in total. The van der Waals surface area contributed by atoms with Gasteiger partial charge < -0.3 is 14.2 Å².